The molecule has 3 rings (SSSR count). The quantitative estimate of drug-likeness (QED) is 0.598. The minimum Gasteiger partial charge on any atom is -0.432 e. The first-order valence-corrected chi connectivity index (χ1v) is 4.47. The van der Waals surface area contributed by atoms with E-state index < -0.39 is 0 Å². The van der Waals surface area contributed by atoms with Crippen LogP contribution in [0.15, 0.2) is 41.2 Å². The Morgan fingerprint density at radius 1 is 1.20 bits per heavy atom. The summed E-state index contributed by atoms with van der Waals surface area (Å²) in [7, 11) is 0. The number of aromatic nitrogens is 3. The number of para-hydroxylation sites is 1. The van der Waals surface area contributed by atoms with Crippen molar-refractivity contribution in [3.8, 4) is 11.3 Å². The molecule has 0 spiro atoms. The predicted molar refractivity (Wildman–Crippen MR) is 53.9 cm³/mol. The van der Waals surface area contributed by atoms with Crippen molar-refractivity contribution in [2.24, 2.45) is 0 Å². The molecule has 4 nitrogen and oxygen atoms in total. The maximum absolute atomic E-state index is 5.10. The Morgan fingerprint density at radius 2 is 2.20 bits per heavy atom. The highest BCUT2D eigenvalue weighted by Gasteiger charge is 2.07. The Hall–Kier alpha value is -2.23. The van der Waals surface area contributed by atoms with Crippen LogP contribution in [-0.2, 0) is 0 Å². The van der Waals surface area contributed by atoms with Crippen LogP contribution in [0, 0.1) is 6.39 Å². The summed E-state index contributed by atoms with van der Waals surface area (Å²) >= 11 is 0. The van der Waals surface area contributed by atoms with E-state index in [0.717, 1.165) is 16.8 Å². The fourth-order valence-electron chi connectivity index (χ4n) is 1.48. The van der Waals surface area contributed by atoms with Gasteiger partial charge in [-0.15, -0.1) is 0 Å². The summed E-state index contributed by atoms with van der Waals surface area (Å²) in [4.78, 5) is 12.3. The van der Waals surface area contributed by atoms with E-state index >= 15 is 0 Å². The third kappa shape index (κ3) is 1.27. The second-order valence-electron chi connectivity index (χ2n) is 3.05. The van der Waals surface area contributed by atoms with Crippen molar-refractivity contribution in [2.45, 2.75) is 0 Å². The summed E-state index contributed by atoms with van der Waals surface area (Å²) < 4.78 is 5.10. The van der Waals surface area contributed by atoms with Crippen LogP contribution in [0.5, 0.6) is 0 Å². The molecular formula is C11H6N3O. The highest BCUT2D eigenvalue weighted by atomic mass is 16.3. The van der Waals surface area contributed by atoms with Crippen LogP contribution in [-0.4, -0.2) is 15.0 Å². The van der Waals surface area contributed by atoms with E-state index in [4.69, 9.17) is 4.42 Å². The Bertz CT molecular complexity index is 589. The van der Waals surface area contributed by atoms with E-state index in [-0.39, 0.29) is 0 Å². The standard InChI is InChI=1S/C11H6N3O/c1-2-8(9-6-12-4-5-13-9)11-10(3-1)15-7-14-11/h1-6H. The zero-order chi connectivity index (χ0) is 10.1. The van der Waals surface area contributed by atoms with E-state index in [1.54, 1.807) is 18.6 Å². The van der Waals surface area contributed by atoms with Gasteiger partial charge in [0.15, 0.2) is 5.58 Å². The lowest BCUT2D eigenvalue weighted by Gasteiger charge is -1.98. The maximum atomic E-state index is 5.10. The molecule has 1 radical (unpaired) electrons. The fourth-order valence-corrected chi connectivity index (χ4v) is 1.48. The first kappa shape index (κ1) is 8.11. The van der Waals surface area contributed by atoms with Gasteiger partial charge in [0.05, 0.1) is 11.9 Å². The van der Waals surface area contributed by atoms with Crippen molar-refractivity contribution in [3.63, 3.8) is 0 Å². The molecule has 0 saturated carbocycles. The second kappa shape index (κ2) is 3.16. The number of hydrogen-bond donors (Lipinski definition) is 0. The molecule has 0 fully saturated rings. The van der Waals surface area contributed by atoms with Gasteiger partial charge in [0.2, 0.25) is 0 Å². The smallest absolute Gasteiger partial charge is 0.284 e. The molecule has 2 aromatic heterocycles. The molecule has 0 bridgehead atoms. The molecule has 2 heterocycles. The molecule has 3 aromatic rings. The van der Waals surface area contributed by atoms with Gasteiger partial charge in [-0.25, -0.2) is 4.98 Å². The van der Waals surface area contributed by atoms with E-state index in [9.17, 15) is 0 Å². The molecule has 0 N–H and O–H groups in total. The minimum atomic E-state index is 0.707. The highest BCUT2D eigenvalue weighted by Crippen LogP contribution is 2.24. The van der Waals surface area contributed by atoms with E-state index in [1.807, 2.05) is 18.2 Å². The highest BCUT2D eigenvalue weighted by molar-refractivity contribution is 5.88. The zero-order valence-corrected chi connectivity index (χ0v) is 7.71. The first-order chi connectivity index (χ1) is 7.45. The number of rotatable bonds is 1. The third-order valence-corrected chi connectivity index (χ3v) is 2.15. The van der Waals surface area contributed by atoms with Gasteiger partial charge >= 0.3 is 0 Å². The molecule has 4 heteroatoms. The number of benzene rings is 1. The number of nitrogens with zero attached hydrogens (tertiary/aromatic N) is 3. The zero-order valence-electron chi connectivity index (χ0n) is 7.71. The molecular weight excluding hydrogens is 190 g/mol. The van der Waals surface area contributed by atoms with Crippen molar-refractivity contribution in [1.29, 1.82) is 0 Å². The molecule has 0 amide bonds. The molecule has 1 aromatic carbocycles. The van der Waals surface area contributed by atoms with Crippen molar-refractivity contribution in [2.75, 3.05) is 0 Å². The normalized spacial score (nSPS) is 10.7. The van der Waals surface area contributed by atoms with Crippen molar-refractivity contribution in [1.82, 2.24) is 15.0 Å². The van der Waals surface area contributed by atoms with Gasteiger partial charge in [0.25, 0.3) is 6.39 Å². The lowest BCUT2D eigenvalue weighted by molar-refractivity contribution is 0.591. The van der Waals surface area contributed by atoms with Gasteiger partial charge in [-0.1, -0.05) is 12.1 Å². The molecule has 0 aliphatic carbocycles. The Balaban J connectivity index is 2.31. The van der Waals surface area contributed by atoms with Crippen molar-refractivity contribution >= 4 is 11.1 Å². The van der Waals surface area contributed by atoms with Gasteiger partial charge < -0.3 is 4.42 Å². The van der Waals surface area contributed by atoms with E-state index in [2.05, 4.69) is 21.3 Å². The molecule has 0 atom stereocenters. The average molecular weight is 196 g/mol. The third-order valence-electron chi connectivity index (χ3n) is 2.15. The second-order valence-corrected chi connectivity index (χ2v) is 3.05. The van der Waals surface area contributed by atoms with Crippen LogP contribution in [0.2, 0.25) is 0 Å². The predicted octanol–water partition coefficient (Wildman–Crippen LogP) is 2.08. The van der Waals surface area contributed by atoms with Crippen LogP contribution in [0.3, 0.4) is 0 Å². The summed E-state index contributed by atoms with van der Waals surface area (Å²) in [5.74, 6) is 0. The fraction of sp³-hybridized carbons (Fsp3) is 0. The SMILES string of the molecule is [c]1nc2c(-c3cnccn3)cccc2o1. The molecule has 15 heavy (non-hydrogen) atoms. The summed E-state index contributed by atoms with van der Waals surface area (Å²) in [6, 6.07) is 5.67. The summed E-state index contributed by atoms with van der Waals surface area (Å²) in [6.45, 7) is 0. The molecule has 0 aliphatic rings. The van der Waals surface area contributed by atoms with E-state index in [1.165, 1.54) is 0 Å². The van der Waals surface area contributed by atoms with Gasteiger partial charge in [0.1, 0.15) is 5.52 Å². The number of fused-ring (bicyclic) bond motifs is 1. The largest absolute Gasteiger partial charge is 0.432 e. The monoisotopic (exact) mass is 196 g/mol. The van der Waals surface area contributed by atoms with Crippen LogP contribution in [0.1, 0.15) is 0 Å². The number of hydrogen-bond acceptors (Lipinski definition) is 4. The maximum Gasteiger partial charge on any atom is 0.284 e. The molecule has 0 aliphatic heterocycles. The van der Waals surface area contributed by atoms with Crippen molar-refractivity contribution < 1.29 is 4.42 Å². The average Bonchev–Trinajstić information content (AvgIpc) is 2.78. The first-order valence-electron chi connectivity index (χ1n) is 4.47. The summed E-state index contributed by atoms with van der Waals surface area (Å²) in [5.41, 5.74) is 3.16. The lowest BCUT2D eigenvalue weighted by Crippen LogP contribution is -1.85. The van der Waals surface area contributed by atoms with Gasteiger partial charge in [0, 0.05) is 18.0 Å². The van der Waals surface area contributed by atoms with Crippen LogP contribution in [0.25, 0.3) is 22.4 Å². The van der Waals surface area contributed by atoms with E-state index in [0.29, 0.717) is 5.58 Å². The summed E-state index contributed by atoms with van der Waals surface area (Å²) in [5, 5.41) is 0. The topological polar surface area (TPSA) is 51.8 Å². The van der Waals surface area contributed by atoms with Crippen LogP contribution in [0.4, 0.5) is 0 Å². The van der Waals surface area contributed by atoms with Gasteiger partial charge in [-0.2, -0.15) is 0 Å². The minimum absolute atomic E-state index is 0.707. The number of oxazole rings is 1. The summed E-state index contributed by atoms with van der Waals surface area (Å²) in [6.07, 6.45) is 7.46. The Labute approximate surface area is 85.6 Å². The molecule has 71 valence electrons. The van der Waals surface area contributed by atoms with Crippen LogP contribution >= 0.6 is 0 Å². The van der Waals surface area contributed by atoms with Gasteiger partial charge in [-0.05, 0) is 6.07 Å². The Kier molecular flexibility index (Phi) is 1.71. The molecule has 0 unspecified atom stereocenters. The van der Waals surface area contributed by atoms with Crippen molar-refractivity contribution in [3.05, 3.63) is 43.2 Å². The Morgan fingerprint density at radius 3 is 3.07 bits per heavy atom. The molecule has 0 saturated heterocycles. The van der Waals surface area contributed by atoms with Crippen LogP contribution < -0.4 is 0 Å². The lowest BCUT2D eigenvalue weighted by atomic mass is 10.1. The van der Waals surface area contributed by atoms with Gasteiger partial charge in [-0.3, -0.25) is 9.97 Å².